The Morgan fingerprint density at radius 1 is 1.33 bits per heavy atom. The Balaban J connectivity index is 2.88. The Hall–Kier alpha value is -1.48. The fourth-order valence-corrected chi connectivity index (χ4v) is 2.14. The van der Waals surface area contributed by atoms with Crippen LogP contribution >= 0.6 is 11.6 Å². The van der Waals surface area contributed by atoms with Gasteiger partial charge in [-0.2, -0.15) is 13.2 Å². The first-order valence-corrected chi connectivity index (χ1v) is 7.82. The molecule has 5 nitrogen and oxygen atoms in total. The normalized spacial score (nSPS) is 13.6. The van der Waals surface area contributed by atoms with Gasteiger partial charge in [0.1, 0.15) is 5.92 Å². The van der Waals surface area contributed by atoms with Gasteiger partial charge in [0.2, 0.25) is 15.9 Å². The van der Waals surface area contributed by atoms with Crippen LogP contribution < -0.4 is 10.0 Å². The van der Waals surface area contributed by atoms with E-state index < -0.39 is 28.0 Å². The Bertz CT molecular complexity index is 647. The van der Waals surface area contributed by atoms with Crippen LogP contribution in [0, 0.1) is 5.92 Å². The molecule has 0 spiro atoms. The van der Waals surface area contributed by atoms with Gasteiger partial charge in [0.25, 0.3) is 0 Å². The standard InChI is InChI=1S/C11H12ClF3N2O3S/c1-6(11(13,14)15)10(18)16-7-3-4-9(8(12)5-7)17-21(2,19)20/h3-6,17H,1-2H3,(H,16,18). The third kappa shape index (κ3) is 5.43. The monoisotopic (exact) mass is 344 g/mol. The van der Waals surface area contributed by atoms with Crippen LogP contribution in [-0.2, 0) is 14.8 Å². The zero-order chi connectivity index (χ0) is 16.4. The number of benzene rings is 1. The van der Waals surface area contributed by atoms with E-state index in [0.29, 0.717) is 0 Å². The molecule has 118 valence electrons. The number of carbonyl (C=O) groups is 1. The highest BCUT2D eigenvalue weighted by Crippen LogP contribution is 2.29. The van der Waals surface area contributed by atoms with Crippen molar-refractivity contribution in [2.75, 3.05) is 16.3 Å². The van der Waals surface area contributed by atoms with Crippen molar-refractivity contribution >= 4 is 38.9 Å². The highest BCUT2D eigenvalue weighted by atomic mass is 35.5. The average Bonchev–Trinajstić information content (AvgIpc) is 2.29. The van der Waals surface area contributed by atoms with Crippen LogP contribution in [0.5, 0.6) is 0 Å². The van der Waals surface area contributed by atoms with Crippen molar-refractivity contribution in [3.05, 3.63) is 23.2 Å². The molecule has 0 aliphatic rings. The second-order valence-corrected chi connectivity index (χ2v) is 6.48. The van der Waals surface area contributed by atoms with Gasteiger partial charge in [0.15, 0.2) is 0 Å². The first kappa shape index (κ1) is 17.6. The van der Waals surface area contributed by atoms with Crippen molar-refractivity contribution in [2.24, 2.45) is 5.92 Å². The van der Waals surface area contributed by atoms with E-state index in [1.807, 2.05) is 0 Å². The molecule has 0 saturated carbocycles. The molecule has 1 rings (SSSR count). The summed E-state index contributed by atoms with van der Waals surface area (Å²) in [6.45, 7) is 0.733. The van der Waals surface area contributed by atoms with Gasteiger partial charge in [0, 0.05) is 5.69 Å². The summed E-state index contributed by atoms with van der Waals surface area (Å²) >= 11 is 5.79. The molecule has 0 saturated heterocycles. The molecule has 1 aromatic carbocycles. The van der Waals surface area contributed by atoms with E-state index in [1.165, 1.54) is 12.1 Å². The van der Waals surface area contributed by atoms with E-state index in [9.17, 15) is 26.4 Å². The summed E-state index contributed by atoms with van der Waals surface area (Å²) in [6.07, 6.45) is -3.73. The minimum atomic E-state index is -4.65. The van der Waals surface area contributed by atoms with Crippen molar-refractivity contribution in [2.45, 2.75) is 13.1 Å². The van der Waals surface area contributed by atoms with E-state index in [0.717, 1.165) is 19.2 Å². The number of amides is 1. The molecule has 1 atom stereocenters. The second kappa shape index (κ2) is 6.10. The number of carbonyl (C=O) groups excluding carboxylic acids is 1. The number of halogens is 4. The molecular formula is C11H12ClF3N2O3S. The number of sulfonamides is 1. The van der Waals surface area contributed by atoms with Crippen LogP contribution in [0.4, 0.5) is 24.5 Å². The highest BCUT2D eigenvalue weighted by molar-refractivity contribution is 7.92. The molecule has 1 aromatic rings. The molecule has 0 aliphatic carbocycles. The fourth-order valence-electron chi connectivity index (χ4n) is 1.27. The van der Waals surface area contributed by atoms with Gasteiger partial charge in [-0.05, 0) is 25.1 Å². The zero-order valence-corrected chi connectivity index (χ0v) is 12.5. The molecule has 1 unspecified atom stereocenters. The summed E-state index contributed by atoms with van der Waals surface area (Å²) in [5.74, 6) is -3.41. The largest absolute Gasteiger partial charge is 0.400 e. The van der Waals surface area contributed by atoms with Gasteiger partial charge in [-0.25, -0.2) is 8.42 Å². The quantitative estimate of drug-likeness (QED) is 0.882. The van der Waals surface area contributed by atoms with Crippen LogP contribution in [0.3, 0.4) is 0 Å². The van der Waals surface area contributed by atoms with Gasteiger partial charge in [-0.15, -0.1) is 0 Å². The molecular weight excluding hydrogens is 333 g/mol. The number of hydrogen-bond donors (Lipinski definition) is 2. The lowest BCUT2D eigenvalue weighted by Gasteiger charge is -2.16. The van der Waals surface area contributed by atoms with E-state index in [4.69, 9.17) is 11.6 Å². The van der Waals surface area contributed by atoms with Crippen LogP contribution in [0.25, 0.3) is 0 Å². The molecule has 21 heavy (non-hydrogen) atoms. The topological polar surface area (TPSA) is 75.3 Å². The van der Waals surface area contributed by atoms with Crippen molar-refractivity contribution in [3.8, 4) is 0 Å². The first-order valence-electron chi connectivity index (χ1n) is 5.55. The van der Waals surface area contributed by atoms with E-state index in [-0.39, 0.29) is 16.4 Å². The lowest BCUT2D eigenvalue weighted by atomic mass is 10.1. The first-order chi connectivity index (χ1) is 9.40. The molecule has 10 heteroatoms. The molecule has 0 bridgehead atoms. The van der Waals surface area contributed by atoms with Gasteiger partial charge in [-0.1, -0.05) is 11.6 Å². The fraction of sp³-hybridized carbons (Fsp3) is 0.364. The number of anilines is 2. The number of hydrogen-bond acceptors (Lipinski definition) is 3. The smallest absolute Gasteiger partial charge is 0.326 e. The van der Waals surface area contributed by atoms with Crippen molar-refractivity contribution in [1.29, 1.82) is 0 Å². The predicted molar refractivity (Wildman–Crippen MR) is 73.8 cm³/mol. The van der Waals surface area contributed by atoms with Crippen molar-refractivity contribution in [3.63, 3.8) is 0 Å². The second-order valence-electron chi connectivity index (χ2n) is 4.32. The average molecular weight is 345 g/mol. The summed E-state index contributed by atoms with van der Waals surface area (Å²) in [4.78, 5) is 11.4. The van der Waals surface area contributed by atoms with Gasteiger partial charge in [0.05, 0.1) is 17.0 Å². The van der Waals surface area contributed by atoms with Crippen LogP contribution in [0.1, 0.15) is 6.92 Å². The Morgan fingerprint density at radius 3 is 2.33 bits per heavy atom. The SMILES string of the molecule is CC(C(=O)Nc1ccc(NS(C)(=O)=O)c(Cl)c1)C(F)(F)F. The van der Waals surface area contributed by atoms with E-state index >= 15 is 0 Å². The predicted octanol–water partition coefficient (Wildman–Crippen LogP) is 2.85. The van der Waals surface area contributed by atoms with Crippen LogP contribution in [-0.4, -0.2) is 26.8 Å². The van der Waals surface area contributed by atoms with E-state index in [1.54, 1.807) is 0 Å². The Morgan fingerprint density at radius 2 is 1.90 bits per heavy atom. The molecule has 0 aromatic heterocycles. The zero-order valence-electron chi connectivity index (χ0n) is 11.0. The molecule has 0 radical (unpaired) electrons. The maximum absolute atomic E-state index is 12.4. The lowest BCUT2D eigenvalue weighted by molar-refractivity contribution is -0.175. The summed E-state index contributed by atoms with van der Waals surface area (Å²) in [5, 5.41) is 2.00. The number of nitrogens with one attached hydrogen (secondary N) is 2. The molecule has 0 heterocycles. The third-order valence-electron chi connectivity index (χ3n) is 2.42. The van der Waals surface area contributed by atoms with Crippen LogP contribution in [0.15, 0.2) is 18.2 Å². The molecule has 1 amide bonds. The lowest BCUT2D eigenvalue weighted by Crippen LogP contribution is -2.32. The van der Waals surface area contributed by atoms with Crippen molar-refractivity contribution < 1.29 is 26.4 Å². The maximum atomic E-state index is 12.4. The van der Waals surface area contributed by atoms with Gasteiger partial charge < -0.3 is 5.32 Å². The molecule has 2 N–H and O–H groups in total. The van der Waals surface area contributed by atoms with Gasteiger partial charge >= 0.3 is 6.18 Å². The number of rotatable bonds is 4. The van der Waals surface area contributed by atoms with Crippen molar-refractivity contribution in [1.82, 2.24) is 0 Å². The molecule has 0 fully saturated rings. The minimum absolute atomic E-state index is 0.0279. The Labute approximate surface area is 124 Å². The summed E-state index contributed by atoms with van der Waals surface area (Å²) in [7, 11) is -3.54. The minimum Gasteiger partial charge on any atom is -0.326 e. The van der Waals surface area contributed by atoms with Crippen LogP contribution in [0.2, 0.25) is 5.02 Å². The summed E-state index contributed by atoms with van der Waals surface area (Å²) in [6, 6.07) is 3.62. The maximum Gasteiger partial charge on any atom is 0.400 e. The van der Waals surface area contributed by atoms with E-state index in [2.05, 4.69) is 10.0 Å². The highest BCUT2D eigenvalue weighted by Gasteiger charge is 2.41. The Kier molecular flexibility index (Phi) is 5.11. The molecule has 0 aliphatic heterocycles. The third-order valence-corrected chi connectivity index (χ3v) is 3.32. The summed E-state index contributed by atoms with van der Waals surface area (Å²) in [5.41, 5.74) is 0.0844. The van der Waals surface area contributed by atoms with Gasteiger partial charge in [-0.3, -0.25) is 9.52 Å². The summed E-state index contributed by atoms with van der Waals surface area (Å²) < 4.78 is 61.3. The number of alkyl halides is 3.